The van der Waals surface area contributed by atoms with Gasteiger partial charge in [0.15, 0.2) is 0 Å². The van der Waals surface area contributed by atoms with Gasteiger partial charge in [0.25, 0.3) is 0 Å². The first kappa shape index (κ1) is 18.3. The third-order valence-corrected chi connectivity index (χ3v) is 3.95. The van der Waals surface area contributed by atoms with Crippen LogP contribution in [-0.2, 0) is 9.59 Å². The molecule has 0 bridgehead atoms. The largest absolute Gasteiger partial charge is 0.471 e. The number of amides is 2. The van der Waals surface area contributed by atoms with Crippen LogP contribution in [0.3, 0.4) is 0 Å². The number of halogens is 3. The quantitative estimate of drug-likeness (QED) is 0.914. The van der Waals surface area contributed by atoms with E-state index in [1.807, 2.05) is 11.4 Å². The topological polar surface area (TPSA) is 52.7 Å². The molecule has 0 aromatic heterocycles. The maximum Gasteiger partial charge on any atom is 0.471 e. The lowest BCUT2D eigenvalue weighted by Crippen LogP contribution is -2.52. The van der Waals surface area contributed by atoms with Gasteiger partial charge in [0.2, 0.25) is 5.91 Å². The molecule has 0 spiro atoms. The minimum absolute atomic E-state index is 0.133. The number of hydrogen-bond donors (Lipinski definition) is 1. The molecule has 2 rings (SSSR count). The highest BCUT2D eigenvalue weighted by molar-refractivity contribution is 5.94. The fraction of sp³-hybridized carbons (Fsp3) is 0.500. The van der Waals surface area contributed by atoms with Crippen LogP contribution >= 0.6 is 0 Å². The van der Waals surface area contributed by atoms with Crippen molar-refractivity contribution in [1.82, 2.24) is 10.3 Å². The number of carbonyl (C=O) groups is 2. The summed E-state index contributed by atoms with van der Waals surface area (Å²) in [5.74, 6) is -2.11. The van der Waals surface area contributed by atoms with Gasteiger partial charge in [0, 0.05) is 25.0 Å². The minimum atomic E-state index is -4.93. The first-order valence-corrected chi connectivity index (χ1v) is 7.51. The molecule has 1 heterocycles. The van der Waals surface area contributed by atoms with Gasteiger partial charge in [-0.1, -0.05) is 18.2 Å². The number of rotatable bonds is 4. The number of carbonyl (C=O) groups excluding carboxylic acids is 2. The van der Waals surface area contributed by atoms with Crippen molar-refractivity contribution in [2.24, 2.45) is 0 Å². The lowest BCUT2D eigenvalue weighted by Gasteiger charge is -2.34. The number of para-hydroxylation sites is 1. The van der Waals surface area contributed by atoms with Crippen LogP contribution in [0.15, 0.2) is 30.3 Å². The molecule has 1 aliphatic heterocycles. The zero-order chi connectivity index (χ0) is 18.1. The third kappa shape index (κ3) is 4.05. The third-order valence-electron chi connectivity index (χ3n) is 3.95. The monoisotopic (exact) mass is 343 g/mol. The number of nitrogens with zero attached hydrogens (tertiary/aromatic N) is 2. The minimum Gasteiger partial charge on any atom is -0.343 e. The second-order valence-electron chi connectivity index (χ2n) is 6.51. The van der Waals surface area contributed by atoms with Crippen LogP contribution in [0.25, 0.3) is 0 Å². The summed E-state index contributed by atoms with van der Waals surface area (Å²) in [6.45, 7) is 3.03. The maximum atomic E-state index is 12.4. The average molecular weight is 343 g/mol. The molecule has 1 atom stereocenters. The number of hydrazine groups is 1. The van der Waals surface area contributed by atoms with E-state index in [1.54, 1.807) is 36.3 Å². The molecule has 0 radical (unpaired) electrons. The van der Waals surface area contributed by atoms with Crippen LogP contribution in [0.5, 0.6) is 0 Å². The van der Waals surface area contributed by atoms with Crippen molar-refractivity contribution in [1.29, 1.82) is 0 Å². The second-order valence-corrected chi connectivity index (χ2v) is 6.51. The Morgan fingerprint density at radius 3 is 2.38 bits per heavy atom. The molecule has 1 saturated heterocycles. The maximum absolute atomic E-state index is 12.4. The zero-order valence-corrected chi connectivity index (χ0v) is 13.7. The van der Waals surface area contributed by atoms with E-state index in [1.165, 1.54) is 18.9 Å². The predicted molar refractivity (Wildman–Crippen MR) is 83.0 cm³/mol. The number of benzene rings is 1. The first-order valence-electron chi connectivity index (χ1n) is 7.51. The van der Waals surface area contributed by atoms with Gasteiger partial charge in [-0.05, 0) is 32.4 Å². The molecule has 1 aliphatic rings. The Balaban J connectivity index is 2.08. The SMILES string of the molecule is CN1C(CC(C)(C)NC(=O)C(F)(F)F)CC(=O)N1c1ccccc1. The van der Waals surface area contributed by atoms with Gasteiger partial charge >= 0.3 is 12.1 Å². The van der Waals surface area contributed by atoms with Gasteiger partial charge in [-0.15, -0.1) is 0 Å². The summed E-state index contributed by atoms with van der Waals surface area (Å²) in [4.78, 5) is 23.4. The van der Waals surface area contributed by atoms with Crippen LogP contribution in [-0.4, -0.2) is 41.6 Å². The second kappa shape index (κ2) is 6.43. The Hall–Kier alpha value is -2.09. The summed E-state index contributed by atoms with van der Waals surface area (Å²) in [5.41, 5.74) is -0.400. The standard InChI is InChI=1S/C16H20F3N3O2/c1-15(2,20-14(24)16(17,18)19)10-12-9-13(23)22(21(12)3)11-7-5-4-6-8-11/h4-8,12H,9-10H2,1-3H3,(H,20,24). The molecule has 24 heavy (non-hydrogen) atoms. The van der Waals surface area contributed by atoms with Crippen molar-refractivity contribution in [3.8, 4) is 0 Å². The van der Waals surface area contributed by atoms with E-state index < -0.39 is 17.6 Å². The van der Waals surface area contributed by atoms with Crippen molar-refractivity contribution in [2.45, 2.75) is 44.4 Å². The van der Waals surface area contributed by atoms with Crippen molar-refractivity contribution >= 4 is 17.5 Å². The van der Waals surface area contributed by atoms with E-state index in [9.17, 15) is 22.8 Å². The van der Waals surface area contributed by atoms with Gasteiger partial charge < -0.3 is 5.32 Å². The highest BCUT2D eigenvalue weighted by atomic mass is 19.4. The summed E-state index contributed by atoms with van der Waals surface area (Å²) in [7, 11) is 1.71. The Morgan fingerprint density at radius 2 is 1.83 bits per heavy atom. The number of nitrogens with one attached hydrogen (secondary N) is 1. The van der Waals surface area contributed by atoms with E-state index >= 15 is 0 Å². The van der Waals surface area contributed by atoms with E-state index in [4.69, 9.17) is 0 Å². The van der Waals surface area contributed by atoms with E-state index in [0.717, 1.165) is 0 Å². The van der Waals surface area contributed by atoms with Gasteiger partial charge in [0.05, 0.1) is 5.69 Å². The molecule has 1 aromatic rings. The molecular formula is C16H20F3N3O2. The number of alkyl halides is 3. The molecule has 0 saturated carbocycles. The van der Waals surface area contributed by atoms with Gasteiger partial charge in [-0.2, -0.15) is 13.2 Å². The molecule has 0 aliphatic carbocycles. The van der Waals surface area contributed by atoms with Crippen LogP contribution in [0.2, 0.25) is 0 Å². The molecule has 1 fully saturated rings. The molecule has 2 amide bonds. The number of hydrogen-bond acceptors (Lipinski definition) is 3. The summed E-state index contributed by atoms with van der Waals surface area (Å²) in [5, 5.41) is 5.21. The van der Waals surface area contributed by atoms with Gasteiger partial charge in [-0.25, -0.2) is 10.0 Å². The van der Waals surface area contributed by atoms with E-state index in [2.05, 4.69) is 0 Å². The highest BCUT2D eigenvalue weighted by Crippen LogP contribution is 2.30. The Morgan fingerprint density at radius 1 is 1.25 bits per heavy atom. The number of anilines is 1. The fourth-order valence-corrected chi connectivity index (χ4v) is 2.88. The lowest BCUT2D eigenvalue weighted by atomic mass is 9.93. The first-order chi connectivity index (χ1) is 11.0. The van der Waals surface area contributed by atoms with Gasteiger partial charge in [0.1, 0.15) is 0 Å². The summed E-state index contributed by atoms with van der Waals surface area (Å²) >= 11 is 0. The van der Waals surface area contributed by atoms with Crippen LogP contribution in [0, 0.1) is 0 Å². The zero-order valence-electron chi connectivity index (χ0n) is 13.7. The fourth-order valence-electron chi connectivity index (χ4n) is 2.88. The normalized spacial score (nSPS) is 19.7. The summed E-state index contributed by atoms with van der Waals surface area (Å²) < 4.78 is 37.3. The van der Waals surface area contributed by atoms with Crippen molar-refractivity contribution in [2.75, 3.05) is 12.1 Å². The van der Waals surface area contributed by atoms with Gasteiger partial charge in [-0.3, -0.25) is 9.59 Å². The summed E-state index contributed by atoms with van der Waals surface area (Å²) in [6, 6.07) is 8.70. The predicted octanol–water partition coefficient (Wildman–Crippen LogP) is 2.49. The van der Waals surface area contributed by atoms with Crippen molar-refractivity contribution < 1.29 is 22.8 Å². The molecule has 1 aromatic carbocycles. The van der Waals surface area contributed by atoms with Crippen molar-refractivity contribution in [3.63, 3.8) is 0 Å². The van der Waals surface area contributed by atoms with Crippen LogP contribution < -0.4 is 10.3 Å². The lowest BCUT2D eigenvalue weighted by molar-refractivity contribution is -0.175. The molecule has 5 nitrogen and oxygen atoms in total. The molecule has 1 unspecified atom stereocenters. The smallest absolute Gasteiger partial charge is 0.343 e. The Bertz CT molecular complexity index is 617. The average Bonchev–Trinajstić information content (AvgIpc) is 2.72. The Labute approximate surface area is 138 Å². The van der Waals surface area contributed by atoms with E-state index in [0.29, 0.717) is 5.69 Å². The molecule has 8 heteroatoms. The molecule has 1 N–H and O–H groups in total. The van der Waals surface area contributed by atoms with Crippen molar-refractivity contribution in [3.05, 3.63) is 30.3 Å². The molecule has 132 valence electrons. The van der Waals surface area contributed by atoms with Crippen LogP contribution in [0.4, 0.5) is 18.9 Å². The van der Waals surface area contributed by atoms with Crippen LogP contribution in [0.1, 0.15) is 26.7 Å². The highest BCUT2D eigenvalue weighted by Gasteiger charge is 2.44. The van der Waals surface area contributed by atoms with E-state index in [-0.39, 0.29) is 24.8 Å². The summed E-state index contributed by atoms with van der Waals surface area (Å²) in [6.07, 6.45) is -4.54. The molecular weight excluding hydrogens is 323 g/mol. The Kier molecular flexibility index (Phi) is 4.89.